The van der Waals surface area contributed by atoms with Gasteiger partial charge in [0.05, 0.1) is 34.5 Å². The summed E-state index contributed by atoms with van der Waals surface area (Å²) >= 11 is 0. The third kappa shape index (κ3) is 5.74. The van der Waals surface area contributed by atoms with Crippen LogP contribution in [0.15, 0.2) is 47.5 Å². The molecule has 1 aliphatic heterocycles. The molecule has 0 amide bonds. The summed E-state index contributed by atoms with van der Waals surface area (Å²) in [4.78, 5) is 70.1. The number of nitrogens with zero attached hydrogens (tertiary/aromatic N) is 1. The number of hydrogen-bond acceptors (Lipinski definition) is 14. The first-order valence-electron chi connectivity index (χ1n) is 15.7. The van der Waals surface area contributed by atoms with Gasteiger partial charge in [0.25, 0.3) is 0 Å². The molecule has 1 spiro atoms. The lowest BCUT2D eigenvalue weighted by atomic mass is 9.46. The number of aliphatic hydroxyl groups is 1. The van der Waals surface area contributed by atoms with E-state index in [1.165, 1.54) is 57.0 Å². The maximum Gasteiger partial charge on any atom is 0.341 e. The van der Waals surface area contributed by atoms with Crippen LogP contribution in [0.3, 0.4) is 0 Å². The third-order valence-electron chi connectivity index (χ3n) is 9.73. The number of esters is 5. The standard InChI is InChI=1S/C34H41NO13/c1-18(2)28(38)43-17-33-25(46-30(40)22-10-12-42-16-22)13-23-26(45-20(4)37)34(33,48-31(23,5)6)32(7,41)14-24(44-19(3)36)27(33)47-29(39)21-9-8-11-35-15-21/h8-12,15-16,18,23-27,41H,13-14,17H2,1-7H3/t23-,24+,25+,26?,27+,32-,33-,34+/m1/s1. The number of aromatic nitrogens is 1. The van der Waals surface area contributed by atoms with E-state index in [9.17, 15) is 29.1 Å². The molecular formula is C34H41NO13. The number of carbonyl (C=O) groups is 5. The zero-order valence-corrected chi connectivity index (χ0v) is 27.9. The van der Waals surface area contributed by atoms with E-state index >= 15 is 0 Å². The van der Waals surface area contributed by atoms with Crippen LogP contribution in [0.4, 0.5) is 0 Å². The molecule has 2 aromatic heterocycles. The van der Waals surface area contributed by atoms with Crippen molar-refractivity contribution in [3.63, 3.8) is 0 Å². The highest BCUT2D eigenvalue weighted by molar-refractivity contribution is 5.90. The molecule has 8 atom stereocenters. The molecule has 3 heterocycles. The fraction of sp³-hybridized carbons (Fsp3) is 0.588. The smallest absolute Gasteiger partial charge is 0.341 e. The molecule has 2 aromatic rings. The molecule has 2 saturated carbocycles. The summed E-state index contributed by atoms with van der Waals surface area (Å²) in [5, 5.41) is 12.6. The molecule has 1 saturated heterocycles. The second kappa shape index (κ2) is 12.6. The summed E-state index contributed by atoms with van der Waals surface area (Å²) in [6.45, 7) is 9.78. The van der Waals surface area contributed by atoms with Gasteiger partial charge in [0.1, 0.15) is 36.6 Å². The van der Waals surface area contributed by atoms with Crippen molar-refractivity contribution in [1.29, 1.82) is 0 Å². The highest BCUT2D eigenvalue weighted by Gasteiger charge is 2.86. The molecule has 2 bridgehead atoms. The number of carbonyl (C=O) groups excluding carboxylic acids is 5. The zero-order valence-electron chi connectivity index (χ0n) is 27.9. The lowest BCUT2D eigenvalue weighted by Gasteiger charge is -2.65. The maximum absolute atomic E-state index is 13.9. The van der Waals surface area contributed by atoms with Crippen molar-refractivity contribution in [2.45, 2.75) is 103 Å². The summed E-state index contributed by atoms with van der Waals surface area (Å²) in [6, 6.07) is 4.37. The van der Waals surface area contributed by atoms with E-state index in [0.717, 1.165) is 6.92 Å². The Morgan fingerprint density at radius 3 is 2.23 bits per heavy atom. The largest absolute Gasteiger partial charge is 0.472 e. The van der Waals surface area contributed by atoms with Gasteiger partial charge < -0.3 is 37.9 Å². The topological polar surface area (TPSA) is 187 Å². The fourth-order valence-corrected chi connectivity index (χ4v) is 7.82. The van der Waals surface area contributed by atoms with Crippen LogP contribution < -0.4 is 0 Å². The van der Waals surface area contributed by atoms with Crippen LogP contribution in [0.1, 0.15) is 82.0 Å². The van der Waals surface area contributed by atoms with Crippen LogP contribution in [0.25, 0.3) is 0 Å². The number of pyridine rings is 1. The van der Waals surface area contributed by atoms with Gasteiger partial charge in [-0.2, -0.15) is 0 Å². The predicted molar refractivity (Wildman–Crippen MR) is 162 cm³/mol. The van der Waals surface area contributed by atoms with E-state index in [-0.39, 0.29) is 24.0 Å². The van der Waals surface area contributed by atoms with E-state index in [1.807, 2.05) is 0 Å². The number of rotatable bonds is 9. The number of furan rings is 1. The lowest BCUT2D eigenvalue weighted by molar-refractivity contribution is -0.354. The van der Waals surface area contributed by atoms with Crippen molar-refractivity contribution in [1.82, 2.24) is 4.98 Å². The Balaban J connectivity index is 1.82. The van der Waals surface area contributed by atoms with Gasteiger partial charge in [0.2, 0.25) is 0 Å². The van der Waals surface area contributed by atoms with E-state index in [0.29, 0.717) is 0 Å². The molecule has 0 aromatic carbocycles. The highest BCUT2D eigenvalue weighted by atomic mass is 16.6. The third-order valence-corrected chi connectivity index (χ3v) is 9.73. The number of hydrogen-bond donors (Lipinski definition) is 1. The Kier molecular flexibility index (Phi) is 9.21. The van der Waals surface area contributed by atoms with Crippen LogP contribution in [0, 0.1) is 17.3 Å². The Morgan fingerprint density at radius 2 is 1.65 bits per heavy atom. The summed E-state index contributed by atoms with van der Waals surface area (Å²) in [6.07, 6.45) is -0.832. The molecule has 3 fully saturated rings. The van der Waals surface area contributed by atoms with Gasteiger partial charge in [-0.05, 0) is 45.4 Å². The molecule has 1 unspecified atom stereocenters. The molecule has 48 heavy (non-hydrogen) atoms. The van der Waals surface area contributed by atoms with Gasteiger partial charge >= 0.3 is 29.8 Å². The molecule has 5 rings (SSSR count). The van der Waals surface area contributed by atoms with E-state index in [4.69, 9.17) is 32.8 Å². The first kappa shape index (κ1) is 35.0. The molecular weight excluding hydrogens is 630 g/mol. The Hall–Kier alpha value is -4.30. The zero-order chi connectivity index (χ0) is 35.2. The van der Waals surface area contributed by atoms with Crippen molar-refractivity contribution < 1.29 is 61.9 Å². The quantitative estimate of drug-likeness (QED) is 0.302. The Morgan fingerprint density at radius 1 is 0.958 bits per heavy atom. The monoisotopic (exact) mass is 671 g/mol. The van der Waals surface area contributed by atoms with E-state index in [2.05, 4.69) is 4.98 Å². The maximum atomic E-state index is 13.9. The Labute approximate surface area is 277 Å². The van der Waals surface area contributed by atoms with Gasteiger partial charge in [-0.15, -0.1) is 0 Å². The number of fused-ring (bicyclic) bond motifs is 1. The van der Waals surface area contributed by atoms with E-state index < -0.39 is 94.9 Å². The minimum atomic E-state index is -2.08. The van der Waals surface area contributed by atoms with Gasteiger partial charge in [-0.3, -0.25) is 19.4 Å². The normalized spacial score (nSPS) is 33.2. The van der Waals surface area contributed by atoms with Crippen LogP contribution >= 0.6 is 0 Å². The van der Waals surface area contributed by atoms with Crippen LogP contribution in [-0.4, -0.2) is 87.8 Å². The van der Waals surface area contributed by atoms with E-state index in [1.54, 1.807) is 27.7 Å². The minimum absolute atomic E-state index is 0.0321. The van der Waals surface area contributed by atoms with Crippen molar-refractivity contribution in [3.8, 4) is 0 Å². The molecule has 1 N–H and O–H groups in total. The summed E-state index contributed by atoms with van der Waals surface area (Å²) < 4.78 is 42.1. The van der Waals surface area contributed by atoms with Crippen molar-refractivity contribution in [2.24, 2.45) is 17.3 Å². The molecule has 2 aliphatic carbocycles. The molecule has 3 aliphatic rings. The van der Waals surface area contributed by atoms with Gasteiger partial charge in [0, 0.05) is 38.6 Å². The average molecular weight is 672 g/mol. The minimum Gasteiger partial charge on any atom is -0.472 e. The summed E-state index contributed by atoms with van der Waals surface area (Å²) in [7, 11) is 0. The first-order chi connectivity index (χ1) is 22.5. The van der Waals surface area contributed by atoms with Crippen LogP contribution in [0.2, 0.25) is 0 Å². The summed E-state index contributed by atoms with van der Waals surface area (Å²) in [5.41, 5.74) is -7.25. The van der Waals surface area contributed by atoms with Crippen molar-refractivity contribution >= 4 is 29.8 Å². The predicted octanol–water partition coefficient (Wildman–Crippen LogP) is 3.20. The second-order valence-corrected chi connectivity index (χ2v) is 13.7. The number of ether oxygens (including phenoxy) is 6. The molecule has 14 nitrogen and oxygen atoms in total. The van der Waals surface area contributed by atoms with Crippen molar-refractivity contribution in [2.75, 3.05) is 6.61 Å². The fourth-order valence-electron chi connectivity index (χ4n) is 7.82. The molecule has 260 valence electrons. The Bertz CT molecular complexity index is 1550. The average Bonchev–Trinajstić information content (AvgIpc) is 3.59. The van der Waals surface area contributed by atoms with Crippen LogP contribution in [0.5, 0.6) is 0 Å². The van der Waals surface area contributed by atoms with Gasteiger partial charge in [0.15, 0.2) is 11.7 Å². The SMILES string of the molecule is CC(=O)OC1[C@H]2C[C@H](OC(=O)c3ccoc3)[C@]3(COC(=O)C(C)C)[C@@H](OC(=O)c4cccnc4)[C@@H](OC(C)=O)C[C@@](C)(O)[C@@]13OC2(C)C. The first-order valence-corrected chi connectivity index (χ1v) is 15.7. The summed E-state index contributed by atoms with van der Waals surface area (Å²) in [5.74, 6) is -5.20. The molecule has 14 heteroatoms. The molecule has 0 radical (unpaired) electrons. The highest BCUT2D eigenvalue weighted by Crippen LogP contribution is 2.69. The van der Waals surface area contributed by atoms with Crippen molar-refractivity contribution in [3.05, 3.63) is 54.2 Å². The second-order valence-electron chi connectivity index (χ2n) is 13.7. The lowest BCUT2D eigenvalue weighted by Crippen LogP contribution is -2.83. The van der Waals surface area contributed by atoms with Gasteiger partial charge in [-0.25, -0.2) is 9.59 Å². The van der Waals surface area contributed by atoms with Crippen LogP contribution in [-0.2, 0) is 42.8 Å². The van der Waals surface area contributed by atoms with Gasteiger partial charge in [-0.1, -0.05) is 13.8 Å².